The molecule has 2 unspecified atom stereocenters. The third-order valence-electron chi connectivity index (χ3n) is 3.68. The Balaban J connectivity index is 1.96. The maximum atomic E-state index is 12.3. The van der Waals surface area contributed by atoms with Crippen LogP contribution in [0.1, 0.15) is 25.3 Å². The summed E-state index contributed by atoms with van der Waals surface area (Å²) < 4.78 is 0. The molecule has 1 aliphatic heterocycles. The number of nitrogens with zero attached hydrogens (tertiary/aromatic N) is 1. The van der Waals surface area contributed by atoms with Gasteiger partial charge < -0.3 is 10.0 Å². The molecule has 0 aliphatic carbocycles. The van der Waals surface area contributed by atoms with Crippen LogP contribution >= 0.6 is 0 Å². The van der Waals surface area contributed by atoms with E-state index in [9.17, 15) is 9.90 Å². The van der Waals surface area contributed by atoms with Gasteiger partial charge >= 0.3 is 0 Å². The molecule has 1 N–H and O–H groups in total. The molecule has 1 aliphatic rings. The summed E-state index contributed by atoms with van der Waals surface area (Å²) >= 11 is 0. The highest BCUT2D eigenvalue weighted by Crippen LogP contribution is 2.21. The lowest BCUT2D eigenvalue weighted by Crippen LogP contribution is -2.41. The molecule has 1 saturated heterocycles. The van der Waals surface area contributed by atoms with Gasteiger partial charge in [-0.3, -0.25) is 4.79 Å². The minimum atomic E-state index is -0.0143. The second-order valence-corrected chi connectivity index (χ2v) is 5.10. The zero-order chi connectivity index (χ0) is 13.0. The predicted molar refractivity (Wildman–Crippen MR) is 71.1 cm³/mol. The Morgan fingerprint density at radius 3 is 2.83 bits per heavy atom. The van der Waals surface area contributed by atoms with Gasteiger partial charge in [0.1, 0.15) is 0 Å². The van der Waals surface area contributed by atoms with E-state index in [1.807, 2.05) is 30.0 Å². The van der Waals surface area contributed by atoms with E-state index in [-0.39, 0.29) is 24.5 Å². The summed E-state index contributed by atoms with van der Waals surface area (Å²) in [4.78, 5) is 14.2. The van der Waals surface area contributed by atoms with Gasteiger partial charge in [0, 0.05) is 12.5 Å². The summed E-state index contributed by atoms with van der Waals surface area (Å²) in [6.07, 6.45) is 2.71. The van der Waals surface area contributed by atoms with Crippen molar-refractivity contribution in [1.29, 1.82) is 0 Å². The summed E-state index contributed by atoms with van der Waals surface area (Å²) in [5, 5.41) is 9.26. The van der Waals surface area contributed by atoms with Gasteiger partial charge in [-0.05, 0) is 24.8 Å². The highest BCUT2D eigenvalue weighted by Gasteiger charge is 2.30. The molecule has 98 valence electrons. The van der Waals surface area contributed by atoms with Gasteiger partial charge in [-0.2, -0.15) is 0 Å². The average molecular weight is 247 g/mol. The lowest BCUT2D eigenvalue weighted by atomic mass is 9.99. The molecule has 18 heavy (non-hydrogen) atoms. The van der Waals surface area contributed by atoms with Crippen LogP contribution in [-0.2, 0) is 11.2 Å². The highest BCUT2D eigenvalue weighted by molar-refractivity contribution is 5.79. The zero-order valence-corrected chi connectivity index (χ0v) is 10.9. The summed E-state index contributed by atoms with van der Waals surface area (Å²) in [6.45, 7) is 2.86. The number of amides is 1. The Morgan fingerprint density at radius 2 is 2.17 bits per heavy atom. The summed E-state index contributed by atoms with van der Waals surface area (Å²) in [5.74, 6) is 0.162. The van der Waals surface area contributed by atoms with Gasteiger partial charge in [0.2, 0.25) is 5.91 Å². The van der Waals surface area contributed by atoms with Crippen molar-refractivity contribution in [2.75, 3.05) is 13.2 Å². The molecule has 0 saturated carbocycles. The maximum absolute atomic E-state index is 12.3. The lowest BCUT2D eigenvalue weighted by molar-refractivity contribution is -0.136. The zero-order valence-electron chi connectivity index (χ0n) is 10.9. The van der Waals surface area contributed by atoms with Gasteiger partial charge in [0.05, 0.1) is 12.6 Å². The molecule has 3 heteroatoms. The first kappa shape index (κ1) is 13.1. The highest BCUT2D eigenvalue weighted by atomic mass is 16.3. The number of hydrogen-bond acceptors (Lipinski definition) is 2. The van der Waals surface area contributed by atoms with Crippen molar-refractivity contribution >= 4 is 5.91 Å². The van der Waals surface area contributed by atoms with Gasteiger partial charge in [-0.15, -0.1) is 0 Å². The van der Waals surface area contributed by atoms with Crippen LogP contribution in [0.15, 0.2) is 30.3 Å². The first-order valence-electron chi connectivity index (χ1n) is 6.67. The van der Waals surface area contributed by atoms with Crippen molar-refractivity contribution in [1.82, 2.24) is 4.90 Å². The predicted octanol–water partition coefficient (Wildman–Crippen LogP) is 1.85. The van der Waals surface area contributed by atoms with E-state index >= 15 is 0 Å². The van der Waals surface area contributed by atoms with Crippen molar-refractivity contribution in [2.24, 2.45) is 5.92 Å². The molecule has 1 heterocycles. The number of benzene rings is 1. The van der Waals surface area contributed by atoms with Crippen LogP contribution in [0.25, 0.3) is 0 Å². The molecule has 1 amide bonds. The first-order chi connectivity index (χ1) is 8.72. The summed E-state index contributed by atoms with van der Waals surface area (Å²) in [6, 6.07) is 10.1. The Labute approximate surface area is 108 Å². The topological polar surface area (TPSA) is 40.5 Å². The second kappa shape index (κ2) is 6.01. The third kappa shape index (κ3) is 2.91. The minimum Gasteiger partial charge on any atom is -0.394 e. The Bertz CT molecular complexity index is 391. The molecule has 2 atom stereocenters. The molecule has 0 radical (unpaired) electrons. The molecule has 1 aromatic carbocycles. The number of hydrogen-bond donors (Lipinski definition) is 1. The summed E-state index contributed by atoms with van der Waals surface area (Å²) in [7, 11) is 0. The molecular formula is C15H21NO2. The normalized spacial score (nSPS) is 21.0. The summed E-state index contributed by atoms with van der Waals surface area (Å²) in [5.41, 5.74) is 1.19. The van der Waals surface area contributed by atoms with Crippen LogP contribution < -0.4 is 0 Å². The smallest absolute Gasteiger partial charge is 0.226 e. The standard InChI is InChI=1S/C15H21NO2/c1-12(10-13-6-3-2-4-7-13)15(18)16-9-5-8-14(16)11-17/h2-4,6-7,12,14,17H,5,8-11H2,1H3. The van der Waals surface area contributed by atoms with Gasteiger partial charge in [0.25, 0.3) is 0 Å². The van der Waals surface area contributed by atoms with E-state index in [0.29, 0.717) is 0 Å². The van der Waals surface area contributed by atoms with Gasteiger partial charge in [0.15, 0.2) is 0 Å². The monoisotopic (exact) mass is 247 g/mol. The van der Waals surface area contributed by atoms with Crippen LogP contribution in [0.3, 0.4) is 0 Å². The fraction of sp³-hybridized carbons (Fsp3) is 0.533. The molecule has 0 spiro atoms. The van der Waals surface area contributed by atoms with Crippen LogP contribution in [0.4, 0.5) is 0 Å². The molecule has 2 rings (SSSR count). The Hall–Kier alpha value is -1.35. The van der Waals surface area contributed by atoms with Crippen molar-refractivity contribution in [3.05, 3.63) is 35.9 Å². The van der Waals surface area contributed by atoms with Crippen LogP contribution in [0.2, 0.25) is 0 Å². The van der Waals surface area contributed by atoms with Crippen molar-refractivity contribution in [3.63, 3.8) is 0 Å². The van der Waals surface area contributed by atoms with E-state index in [1.54, 1.807) is 0 Å². The Morgan fingerprint density at radius 1 is 1.44 bits per heavy atom. The minimum absolute atomic E-state index is 0.0143. The number of carbonyl (C=O) groups excluding carboxylic acids is 1. The van der Waals surface area contributed by atoms with Crippen LogP contribution in [0, 0.1) is 5.92 Å². The Kier molecular flexibility index (Phi) is 4.37. The van der Waals surface area contributed by atoms with E-state index in [1.165, 1.54) is 5.56 Å². The van der Waals surface area contributed by atoms with Gasteiger partial charge in [-0.1, -0.05) is 37.3 Å². The number of likely N-dealkylation sites (tertiary alicyclic amines) is 1. The number of carbonyl (C=O) groups is 1. The van der Waals surface area contributed by atoms with E-state index < -0.39 is 0 Å². The van der Waals surface area contributed by atoms with Gasteiger partial charge in [-0.25, -0.2) is 0 Å². The molecule has 0 aromatic heterocycles. The fourth-order valence-corrected chi connectivity index (χ4v) is 2.65. The number of aliphatic hydroxyl groups excluding tert-OH is 1. The van der Waals surface area contributed by atoms with E-state index in [4.69, 9.17) is 0 Å². The molecule has 0 bridgehead atoms. The fourth-order valence-electron chi connectivity index (χ4n) is 2.65. The number of rotatable bonds is 4. The van der Waals surface area contributed by atoms with Crippen molar-refractivity contribution < 1.29 is 9.90 Å². The van der Waals surface area contributed by atoms with E-state index in [0.717, 1.165) is 25.8 Å². The van der Waals surface area contributed by atoms with E-state index in [2.05, 4.69) is 12.1 Å². The molecule has 3 nitrogen and oxygen atoms in total. The van der Waals surface area contributed by atoms with Crippen molar-refractivity contribution in [3.8, 4) is 0 Å². The quantitative estimate of drug-likeness (QED) is 0.882. The van der Waals surface area contributed by atoms with Crippen molar-refractivity contribution in [2.45, 2.75) is 32.2 Å². The largest absolute Gasteiger partial charge is 0.394 e. The molecular weight excluding hydrogens is 226 g/mol. The first-order valence-corrected chi connectivity index (χ1v) is 6.67. The SMILES string of the molecule is CC(Cc1ccccc1)C(=O)N1CCCC1CO. The molecule has 1 aromatic rings. The lowest BCUT2D eigenvalue weighted by Gasteiger charge is -2.26. The molecule has 1 fully saturated rings. The number of aliphatic hydroxyl groups is 1. The van der Waals surface area contributed by atoms with Crippen LogP contribution in [0.5, 0.6) is 0 Å². The van der Waals surface area contributed by atoms with Crippen LogP contribution in [-0.4, -0.2) is 35.1 Å². The second-order valence-electron chi connectivity index (χ2n) is 5.10. The third-order valence-corrected chi connectivity index (χ3v) is 3.68. The average Bonchev–Trinajstić information content (AvgIpc) is 2.87. The maximum Gasteiger partial charge on any atom is 0.226 e.